The van der Waals surface area contributed by atoms with Crippen LogP contribution in [0.15, 0.2) is 42.7 Å². The number of anilines is 1. The van der Waals surface area contributed by atoms with Gasteiger partial charge in [-0.05, 0) is 43.7 Å². The maximum absolute atomic E-state index is 5.87. The van der Waals surface area contributed by atoms with Gasteiger partial charge in [-0.25, -0.2) is 4.98 Å². The van der Waals surface area contributed by atoms with Crippen molar-refractivity contribution in [2.75, 3.05) is 5.73 Å². The number of aryl methyl sites for hydroxylation is 2. The molecular weight excluding hydrogens is 238 g/mol. The molecule has 2 heterocycles. The highest BCUT2D eigenvalue weighted by Crippen LogP contribution is 2.27. The Balaban J connectivity index is 1.96. The molecule has 0 radical (unpaired) electrons. The van der Waals surface area contributed by atoms with Crippen molar-refractivity contribution in [2.45, 2.75) is 13.8 Å². The predicted molar refractivity (Wildman–Crippen MR) is 75.6 cm³/mol. The van der Waals surface area contributed by atoms with E-state index in [1.54, 1.807) is 0 Å². The molecule has 2 N–H and O–H groups in total. The highest BCUT2D eigenvalue weighted by Gasteiger charge is 2.04. The number of fused-ring (bicyclic) bond motifs is 1. The van der Waals surface area contributed by atoms with Crippen LogP contribution in [0.2, 0.25) is 0 Å². The number of aromatic nitrogens is 2. The van der Waals surface area contributed by atoms with Gasteiger partial charge in [-0.2, -0.15) is 0 Å². The van der Waals surface area contributed by atoms with Gasteiger partial charge in [0.2, 0.25) is 0 Å². The van der Waals surface area contributed by atoms with Crippen LogP contribution in [0.4, 0.5) is 5.69 Å². The van der Waals surface area contributed by atoms with Gasteiger partial charge in [0, 0.05) is 29.8 Å². The van der Waals surface area contributed by atoms with E-state index in [1.807, 2.05) is 61.0 Å². The van der Waals surface area contributed by atoms with Gasteiger partial charge in [0.05, 0.1) is 0 Å². The third-order valence-electron chi connectivity index (χ3n) is 3.10. The fourth-order valence-electron chi connectivity index (χ4n) is 2.07. The Morgan fingerprint density at radius 1 is 1.16 bits per heavy atom. The van der Waals surface area contributed by atoms with Crippen LogP contribution in [0.25, 0.3) is 5.65 Å². The van der Waals surface area contributed by atoms with Crippen LogP contribution in [0.3, 0.4) is 0 Å². The molecular formula is C15H15N3O. The van der Waals surface area contributed by atoms with Gasteiger partial charge in [0.25, 0.3) is 0 Å². The molecule has 0 bridgehead atoms. The first kappa shape index (κ1) is 11.6. The second-order valence-electron chi connectivity index (χ2n) is 4.62. The Bertz CT molecular complexity index is 746. The Morgan fingerprint density at radius 2 is 2.00 bits per heavy atom. The number of hydrogen-bond acceptors (Lipinski definition) is 3. The molecule has 0 saturated heterocycles. The first-order valence-electron chi connectivity index (χ1n) is 6.11. The molecule has 96 valence electrons. The topological polar surface area (TPSA) is 52.5 Å². The lowest BCUT2D eigenvalue weighted by atomic mass is 10.2. The summed E-state index contributed by atoms with van der Waals surface area (Å²) in [6, 6.07) is 9.46. The number of nitrogen functional groups attached to an aromatic ring is 1. The second-order valence-corrected chi connectivity index (χ2v) is 4.62. The van der Waals surface area contributed by atoms with Crippen LogP contribution >= 0.6 is 0 Å². The smallest absolute Gasteiger partial charge is 0.140 e. The summed E-state index contributed by atoms with van der Waals surface area (Å²) in [5.74, 6) is 1.58. The Labute approximate surface area is 111 Å². The van der Waals surface area contributed by atoms with E-state index in [-0.39, 0.29) is 0 Å². The Kier molecular flexibility index (Phi) is 2.63. The zero-order chi connectivity index (χ0) is 13.4. The Morgan fingerprint density at radius 3 is 2.79 bits per heavy atom. The maximum atomic E-state index is 5.87. The minimum Gasteiger partial charge on any atom is -0.457 e. The fourth-order valence-corrected chi connectivity index (χ4v) is 2.07. The summed E-state index contributed by atoms with van der Waals surface area (Å²) in [6.45, 7) is 3.99. The molecule has 4 nitrogen and oxygen atoms in total. The molecule has 4 heteroatoms. The lowest BCUT2D eigenvalue weighted by Gasteiger charge is -2.09. The number of benzene rings is 1. The standard InChI is InChI=1S/C15H15N3O/c1-10-7-12(16)3-4-14(10)19-13-5-6-18-11(2)9-17-15(18)8-13/h3-9H,16H2,1-2H3. The largest absolute Gasteiger partial charge is 0.457 e. The van der Waals surface area contributed by atoms with Crippen molar-refractivity contribution in [3.63, 3.8) is 0 Å². The van der Waals surface area contributed by atoms with Crippen LogP contribution in [0, 0.1) is 13.8 Å². The predicted octanol–water partition coefficient (Wildman–Crippen LogP) is 3.33. The first-order chi connectivity index (χ1) is 9.13. The number of rotatable bonds is 2. The van der Waals surface area contributed by atoms with Crippen molar-refractivity contribution in [3.05, 3.63) is 54.0 Å². The monoisotopic (exact) mass is 253 g/mol. The van der Waals surface area contributed by atoms with Crippen molar-refractivity contribution in [1.82, 2.24) is 9.38 Å². The van der Waals surface area contributed by atoms with E-state index in [4.69, 9.17) is 10.5 Å². The molecule has 0 aliphatic carbocycles. The molecule has 3 rings (SSSR count). The van der Waals surface area contributed by atoms with Gasteiger partial charge in [-0.1, -0.05) is 0 Å². The normalized spacial score (nSPS) is 10.8. The Hall–Kier alpha value is -2.49. The van der Waals surface area contributed by atoms with Gasteiger partial charge in [0.15, 0.2) is 0 Å². The molecule has 0 aliphatic rings. The van der Waals surface area contributed by atoms with E-state index in [2.05, 4.69) is 4.98 Å². The molecule has 3 aromatic rings. The van der Waals surface area contributed by atoms with Gasteiger partial charge in [-0.15, -0.1) is 0 Å². The number of ether oxygens (including phenoxy) is 1. The zero-order valence-electron chi connectivity index (χ0n) is 10.9. The quantitative estimate of drug-likeness (QED) is 0.713. The van der Waals surface area contributed by atoms with Crippen molar-refractivity contribution in [2.24, 2.45) is 0 Å². The van der Waals surface area contributed by atoms with E-state index >= 15 is 0 Å². The number of imidazole rings is 1. The van der Waals surface area contributed by atoms with E-state index in [0.29, 0.717) is 0 Å². The van der Waals surface area contributed by atoms with E-state index < -0.39 is 0 Å². The second kappa shape index (κ2) is 4.31. The average Bonchev–Trinajstić information content (AvgIpc) is 2.74. The van der Waals surface area contributed by atoms with Crippen LogP contribution in [0.5, 0.6) is 11.5 Å². The van der Waals surface area contributed by atoms with Crippen molar-refractivity contribution in [3.8, 4) is 11.5 Å². The number of nitrogens with two attached hydrogens (primary N) is 1. The molecule has 2 aromatic heterocycles. The lowest BCUT2D eigenvalue weighted by molar-refractivity contribution is 0.478. The highest BCUT2D eigenvalue weighted by molar-refractivity contribution is 5.50. The van der Waals surface area contributed by atoms with Gasteiger partial charge in [0.1, 0.15) is 17.1 Å². The van der Waals surface area contributed by atoms with Crippen molar-refractivity contribution < 1.29 is 4.74 Å². The molecule has 0 fully saturated rings. The SMILES string of the molecule is Cc1cc(N)ccc1Oc1ccn2c(C)cnc2c1. The summed E-state index contributed by atoms with van der Waals surface area (Å²) in [6.07, 6.45) is 3.80. The van der Waals surface area contributed by atoms with Crippen molar-refractivity contribution >= 4 is 11.3 Å². The molecule has 1 aromatic carbocycles. The van der Waals surface area contributed by atoms with Gasteiger partial charge in [-0.3, -0.25) is 0 Å². The molecule has 0 atom stereocenters. The van der Waals surface area contributed by atoms with Gasteiger partial charge >= 0.3 is 0 Å². The van der Waals surface area contributed by atoms with Crippen LogP contribution in [-0.2, 0) is 0 Å². The van der Waals surface area contributed by atoms with E-state index in [0.717, 1.165) is 34.1 Å². The van der Waals surface area contributed by atoms with Gasteiger partial charge < -0.3 is 14.9 Å². The highest BCUT2D eigenvalue weighted by atomic mass is 16.5. The molecule has 0 saturated carbocycles. The third-order valence-corrected chi connectivity index (χ3v) is 3.10. The van der Waals surface area contributed by atoms with E-state index in [9.17, 15) is 0 Å². The fraction of sp³-hybridized carbons (Fsp3) is 0.133. The zero-order valence-corrected chi connectivity index (χ0v) is 10.9. The van der Waals surface area contributed by atoms with Crippen LogP contribution in [-0.4, -0.2) is 9.38 Å². The molecule has 0 aliphatic heterocycles. The minimum atomic E-state index is 0.740. The maximum Gasteiger partial charge on any atom is 0.140 e. The lowest BCUT2D eigenvalue weighted by Crippen LogP contribution is -1.92. The van der Waals surface area contributed by atoms with Crippen LogP contribution in [0.1, 0.15) is 11.3 Å². The summed E-state index contributed by atoms with van der Waals surface area (Å²) in [4.78, 5) is 4.32. The summed E-state index contributed by atoms with van der Waals surface area (Å²) >= 11 is 0. The number of hydrogen-bond donors (Lipinski definition) is 1. The summed E-state index contributed by atoms with van der Waals surface area (Å²) in [5.41, 5.74) is 9.46. The molecule has 0 amide bonds. The van der Waals surface area contributed by atoms with Crippen LogP contribution < -0.4 is 10.5 Å². The molecule has 19 heavy (non-hydrogen) atoms. The first-order valence-corrected chi connectivity index (χ1v) is 6.11. The average molecular weight is 253 g/mol. The molecule has 0 spiro atoms. The van der Waals surface area contributed by atoms with Crippen molar-refractivity contribution in [1.29, 1.82) is 0 Å². The minimum absolute atomic E-state index is 0.740. The summed E-state index contributed by atoms with van der Waals surface area (Å²) < 4.78 is 7.89. The molecule has 0 unspecified atom stereocenters. The number of nitrogens with zero attached hydrogens (tertiary/aromatic N) is 2. The summed E-state index contributed by atoms with van der Waals surface area (Å²) in [5, 5.41) is 0. The number of pyridine rings is 1. The van der Waals surface area contributed by atoms with E-state index in [1.165, 1.54) is 0 Å². The third kappa shape index (κ3) is 2.12. The summed E-state index contributed by atoms with van der Waals surface area (Å²) in [7, 11) is 0.